The molecule has 1 nitrogen and oxygen atoms in total. The van der Waals surface area contributed by atoms with Gasteiger partial charge in [-0.3, -0.25) is 0 Å². The highest BCUT2D eigenvalue weighted by molar-refractivity contribution is 5.85. The Morgan fingerprint density at radius 2 is 1.86 bits per heavy atom. The van der Waals surface area contributed by atoms with E-state index in [-0.39, 0.29) is 18.4 Å². The molecule has 78 valence electrons. The Hall–Kier alpha value is -0.530. The highest BCUT2D eigenvalue weighted by Crippen LogP contribution is 2.39. The number of nitrogens with two attached hydrogens (primary N) is 1. The van der Waals surface area contributed by atoms with Crippen LogP contribution in [0.25, 0.3) is 0 Å². The summed E-state index contributed by atoms with van der Waals surface area (Å²) in [5.41, 5.74) is 8.79. The minimum absolute atomic E-state index is 0. The van der Waals surface area contributed by atoms with Gasteiger partial charge >= 0.3 is 0 Å². The molecule has 1 fully saturated rings. The normalized spacial score (nSPS) is 17.3. The van der Waals surface area contributed by atoms with Crippen molar-refractivity contribution in [1.82, 2.24) is 0 Å². The van der Waals surface area contributed by atoms with Gasteiger partial charge in [0.25, 0.3) is 0 Å². The maximum atomic E-state index is 6.09. The van der Waals surface area contributed by atoms with Gasteiger partial charge in [0.05, 0.1) is 0 Å². The lowest BCUT2D eigenvalue weighted by molar-refractivity contribution is 0.633. The highest BCUT2D eigenvalue weighted by Gasteiger charge is 2.29. The summed E-state index contributed by atoms with van der Waals surface area (Å²) >= 11 is 0. The molecule has 1 aliphatic rings. The van der Waals surface area contributed by atoms with E-state index in [1.165, 1.54) is 24.0 Å². The van der Waals surface area contributed by atoms with Crippen LogP contribution in [-0.2, 0) is 6.42 Å². The van der Waals surface area contributed by atoms with E-state index in [2.05, 4.69) is 31.2 Å². The smallest absolute Gasteiger partial charge is 0.0323 e. The van der Waals surface area contributed by atoms with Crippen molar-refractivity contribution in [3.05, 3.63) is 35.4 Å². The minimum atomic E-state index is 0. The number of hydrogen-bond acceptors (Lipinski definition) is 1. The van der Waals surface area contributed by atoms with Crippen LogP contribution in [0.5, 0.6) is 0 Å². The van der Waals surface area contributed by atoms with E-state index in [1.807, 2.05) is 0 Å². The van der Waals surface area contributed by atoms with E-state index in [0.29, 0.717) is 0 Å². The van der Waals surface area contributed by atoms with Gasteiger partial charge in [-0.05, 0) is 36.3 Å². The summed E-state index contributed by atoms with van der Waals surface area (Å²) in [5, 5.41) is 0. The summed E-state index contributed by atoms with van der Waals surface area (Å²) in [6.45, 7) is 2.18. The third kappa shape index (κ3) is 2.49. The van der Waals surface area contributed by atoms with Crippen LogP contribution < -0.4 is 5.73 Å². The second-order valence-corrected chi connectivity index (χ2v) is 3.96. The number of halogens is 1. The second-order valence-electron chi connectivity index (χ2n) is 3.96. The van der Waals surface area contributed by atoms with Crippen molar-refractivity contribution in [1.29, 1.82) is 0 Å². The fourth-order valence-corrected chi connectivity index (χ4v) is 1.70. The van der Waals surface area contributed by atoms with Crippen molar-refractivity contribution in [2.45, 2.75) is 32.2 Å². The molecule has 0 aromatic heterocycles. The summed E-state index contributed by atoms with van der Waals surface area (Å²) in [7, 11) is 0. The van der Waals surface area contributed by atoms with Crippen LogP contribution in [0.4, 0.5) is 0 Å². The van der Waals surface area contributed by atoms with Gasteiger partial charge in [-0.25, -0.2) is 0 Å². The van der Waals surface area contributed by atoms with Gasteiger partial charge in [0.2, 0.25) is 0 Å². The molecule has 14 heavy (non-hydrogen) atoms. The first kappa shape index (κ1) is 11.5. The Labute approximate surface area is 92.1 Å². The molecule has 1 aliphatic carbocycles. The first-order valence-corrected chi connectivity index (χ1v) is 5.15. The number of aryl methyl sites for hydroxylation is 1. The van der Waals surface area contributed by atoms with E-state index in [9.17, 15) is 0 Å². The molecule has 0 heterocycles. The van der Waals surface area contributed by atoms with Crippen molar-refractivity contribution in [2.24, 2.45) is 11.7 Å². The lowest BCUT2D eigenvalue weighted by Crippen LogP contribution is -2.12. The van der Waals surface area contributed by atoms with Crippen LogP contribution in [0.3, 0.4) is 0 Å². The predicted octanol–water partition coefficient (Wildman–Crippen LogP) is 3.08. The summed E-state index contributed by atoms with van der Waals surface area (Å²) in [4.78, 5) is 0. The highest BCUT2D eigenvalue weighted by atomic mass is 35.5. The fraction of sp³-hybridized carbons (Fsp3) is 0.500. The molecule has 0 amide bonds. The number of rotatable bonds is 3. The third-order valence-electron chi connectivity index (χ3n) is 2.90. The summed E-state index contributed by atoms with van der Waals surface area (Å²) in [6.07, 6.45) is 3.74. The molecule has 2 heteroatoms. The van der Waals surface area contributed by atoms with Gasteiger partial charge in [0.15, 0.2) is 0 Å². The van der Waals surface area contributed by atoms with Gasteiger partial charge in [0, 0.05) is 6.04 Å². The topological polar surface area (TPSA) is 26.0 Å². The molecule has 0 bridgehead atoms. The maximum absolute atomic E-state index is 6.09. The molecular weight excluding hydrogens is 194 g/mol. The zero-order valence-electron chi connectivity index (χ0n) is 8.57. The van der Waals surface area contributed by atoms with Crippen molar-refractivity contribution in [3.8, 4) is 0 Å². The Morgan fingerprint density at radius 3 is 2.29 bits per heavy atom. The summed E-state index contributed by atoms with van der Waals surface area (Å²) in [6, 6.07) is 9.03. The molecule has 1 atom stereocenters. The molecule has 1 unspecified atom stereocenters. The van der Waals surface area contributed by atoms with Gasteiger partial charge < -0.3 is 5.73 Å². The zero-order chi connectivity index (χ0) is 9.26. The third-order valence-corrected chi connectivity index (χ3v) is 2.90. The average molecular weight is 212 g/mol. The molecule has 1 aromatic rings. The largest absolute Gasteiger partial charge is 0.324 e. The van der Waals surface area contributed by atoms with Crippen LogP contribution >= 0.6 is 12.4 Å². The molecule has 0 radical (unpaired) electrons. The monoisotopic (exact) mass is 211 g/mol. The van der Waals surface area contributed by atoms with E-state index < -0.39 is 0 Å². The minimum Gasteiger partial charge on any atom is -0.324 e. The molecule has 0 aliphatic heterocycles. The zero-order valence-corrected chi connectivity index (χ0v) is 9.39. The number of benzene rings is 1. The lowest BCUT2D eigenvalue weighted by atomic mass is 10.0. The average Bonchev–Trinajstić information content (AvgIpc) is 3.00. The van der Waals surface area contributed by atoms with Gasteiger partial charge in [-0.1, -0.05) is 31.2 Å². The molecule has 2 rings (SSSR count). The van der Waals surface area contributed by atoms with Crippen LogP contribution in [-0.4, -0.2) is 0 Å². The van der Waals surface area contributed by atoms with Gasteiger partial charge in [-0.2, -0.15) is 0 Å². The number of hydrogen-bond donors (Lipinski definition) is 1. The van der Waals surface area contributed by atoms with Crippen molar-refractivity contribution in [2.75, 3.05) is 0 Å². The summed E-state index contributed by atoms with van der Waals surface area (Å²) < 4.78 is 0. The van der Waals surface area contributed by atoms with Crippen LogP contribution in [0.15, 0.2) is 24.3 Å². The Morgan fingerprint density at radius 1 is 1.29 bits per heavy atom. The molecular formula is C12H18ClN. The van der Waals surface area contributed by atoms with Crippen molar-refractivity contribution in [3.63, 3.8) is 0 Å². The standard InChI is InChI=1S/C12H17N.ClH/c1-2-9-3-5-10(6-4-9)12(13)11-7-8-11;/h3-6,11-12H,2,7-8,13H2,1H3;1H. The van der Waals surface area contributed by atoms with Gasteiger partial charge in [-0.15, -0.1) is 12.4 Å². The Bertz CT molecular complexity index is 277. The first-order chi connectivity index (χ1) is 6.31. The summed E-state index contributed by atoms with van der Waals surface area (Å²) in [5.74, 6) is 0.757. The van der Waals surface area contributed by atoms with E-state index in [4.69, 9.17) is 5.73 Å². The molecule has 1 saturated carbocycles. The SMILES string of the molecule is CCc1ccc(C(N)C2CC2)cc1.Cl. The van der Waals surface area contributed by atoms with Crippen LogP contribution in [0.1, 0.15) is 36.9 Å². The van der Waals surface area contributed by atoms with E-state index >= 15 is 0 Å². The first-order valence-electron chi connectivity index (χ1n) is 5.15. The van der Waals surface area contributed by atoms with Crippen molar-refractivity contribution >= 4 is 12.4 Å². The molecule has 1 aromatic carbocycles. The van der Waals surface area contributed by atoms with Crippen LogP contribution in [0.2, 0.25) is 0 Å². The van der Waals surface area contributed by atoms with E-state index in [1.54, 1.807) is 0 Å². The second kappa shape index (κ2) is 4.81. The van der Waals surface area contributed by atoms with E-state index in [0.717, 1.165) is 12.3 Å². The van der Waals surface area contributed by atoms with Crippen molar-refractivity contribution < 1.29 is 0 Å². The predicted molar refractivity (Wildman–Crippen MR) is 62.7 cm³/mol. The van der Waals surface area contributed by atoms with Gasteiger partial charge in [0.1, 0.15) is 0 Å². The molecule has 0 spiro atoms. The quantitative estimate of drug-likeness (QED) is 0.817. The Balaban J connectivity index is 0.000000980. The maximum Gasteiger partial charge on any atom is 0.0323 e. The lowest BCUT2D eigenvalue weighted by Gasteiger charge is -2.10. The Kier molecular flexibility index (Phi) is 3.97. The van der Waals surface area contributed by atoms with Crippen LogP contribution in [0, 0.1) is 5.92 Å². The fourth-order valence-electron chi connectivity index (χ4n) is 1.70. The molecule has 2 N–H and O–H groups in total. The molecule has 0 saturated heterocycles.